The summed E-state index contributed by atoms with van der Waals surface area (Å²) in [5.41, 5.74) is 0.176. The van der Waals surface area contributed by atoms with Gasteiger partial charge in [0.05, 0.1) is 13.2 Å². The number of benzene rings is 1. The molecule has 1 aromatic carbocycles. The molecular formula is C15H14FNO5. The number of carbonyl (C=O) groups is 1. The third-order valence-electron chi connectivity index (χ3n) is 3.41. The van der Waals surface area contributed by atoms with E-state index in [1.807, 2.05) is 0 Å². The predicted octanol–water partition coefficient (Wildman–Crippen LogP) is 2.74. The first-order valence-electron chi connectivity index (χ1n) is 6.88. The molecule has 0 saturated carbocycles. The molecule has 1 aliphatic heterocycles. The molecule has 6 nitrogen and oxygen atoms in total. The van der Waals surface area contributed by atoms with Crippen molar-refractivity contribution in [3.63, 3.8) is 0 Å². The molecule has 1 aliphatic rings. The van der Waals surface area contributed by atoms with Crippen LogP contribution in [0, 0.1) is 5.82 Å². The van der Waals surface area contributed by atoms with Crippen molar-refractivity contribution in [3.8, 4) is 17.1 Å². The molecule has 1 fully saturated rings. The summed E-state index contributed by atoms with van der Waals surface area (Å²) in [6, 6.07) is 5.59. The fourth-order valence-corrected chi connectivity index (χ4v) is 2.24. The molecule has 0 aliphatic carbocycles. The van der Waals surface area contributed by atoms with Crippen LogP contribution in [0.5, 0.6) is 5.75 Å². The second-order valence-electron chi connectivity index (χ2n) is 4.96. The molecule has 0 atom stereocenters. The molecule has 0 spiro atoms. The molecule has 1 aromatic heterocycles. The number of rotatable bonds is 4. The third-order valence-corrected chi connectivity index (χ3v) is 3.41. The number of hydrogen-bond donors (Lipinski definition) is 1. The van der Waals surface area contributed by atoms with Crippen molar-refractivity contribution >= 4 is 5.97 Å². The average molecular weight is 307 g/mol. The van der Waals surface area contributed by atoms with E-state index in [2.05, 4.69) is 5.16 Å². The monoisotopic (exact) mass is 307 g/mol. The average Bonchev–Trinajstić information content (AvgIpc) is 3.00. The Morgan fingerprint density at radius 1 is 1.32 bits per heavy atom. The summed E-state index contributed by atoms with van der Waals surface area (Å²) in [6.07, 6.45) is 1.40. The summed E-state index contributed by atoms with van der Waals surface area (Å²) in [6.45, 7) is 1.22. The van der Waals surface area contributed by atoms with Crippen molar-refractivity contribution in [3.05, 3.63) is 35.8 Å². The SMILES string of the molecule is O=C(O)c1cc(-c2ccc(OC3CCOCC3)c(F)c2)on1. The van der Waals surface area contributed by atoms with Crippen LogP contribution >= 0.6 is 0 Å². The van der Waals surface area contributed by atoms with Crippen molar-refractivity contribution in [2.75, 3.05) is 13.2 Å². The standard InChI is InChI=1S/C15H14FNO5/c16-11-7-9(14-8-12(15(18)19)17-22-14)1-2-13(11)21-10-3-5-20-6-4-10/h1-2,7-8,10H,3-6H2,(H,18,19). The van der Waals surface area contributed by atoms with Gasteiger partial charge in [-0.3, -0.25) is 0 Å². The lowest BCUT2D eigenvalue weighted by atomic mass is 10.1. The number of aromatic nitrogens is 1. The Hall–Kier alpha value is -2.41. The Labute approximate surface area is 125 Å². The van der Waals surface area contributed by atoms with Crippen LogP contribution in [0.1, 0.15) is 23.3 Å². The summed E-state index contributed by atoms with van der Waals surface area (Å²) in [7, 11) is 0. The molecular weight excluding hydrogens is 293 g/mol. The molecule has 2 aromatic rings. The van der Waals surface area contributed by atoms with Gasteiger partial charge in [0, 0.05) is 24.5 Å². The topological polar surface area (TPSA) is 81.8 Å². The van der Waals surface area contributed by atoms with Crippen LogP contribution in [0.4, 0.5) is 4.39 Å². The van der Waals surface area contributed by atoms with Gasteiger partial charge in [0.2, 0.25) is 0 Å². The largest absolute Gasteiger partial charge is 0.487 e. The van der Waals surface area contributed by atoms with Crippen LogP contribution in [-0.4, -0.2) is 35.6 Å². The van der Waals surface area contributed by atoms with Crippen molar-refractivity contribution < 1.29 is 28.3 Å². The Bertz CT molecular complexity index is 678. The van der Waals surface area contributed by atoms with E-state index in [0.29, 0.717) is 18.8 Å². The van der Waals surface area contributed by atoms with Crippen molar-refractivity contribution in [2.45, 2.75) is 18.9 Å². The number of aromatic carboxylic acids is 1. The van der Waals surface area contributed by atoms with Crippen LogP contribution in [-0.2, 0) is 4.74 Å². The van der Waals surface area contributed by atoms with Crippen molar-refractivity contribution in [1.82, 2.24) is 5.16 Å². The maximum Gasteiger partial charge on any atom is 0.358 e. The van der Waals surface area contributed by atoms with E-state index in [0.717, 1.165) is 12.8 Å². The maximum absolute atomic E-state index is 14.1. The number of halogens is 1. The summed E-state index contributed by atoms with van der Waals surface area (Å²) in [4.78, 5) is 10.8. The van der Waals surface area contributed by atoms with Crippen LogP contribution < -0.4 is 4.74 Å². The highest BCUT2D eigenvalue weighted by Crippen LogP contribution is 2.28. The molecule has 0 bridgehead atoms. The summed E-state index contributed by atoms with van der Waals surface area (Å²) >= 11 is 0. The fraction of sp³-hybridized carbons (Fsp3) is 0.333. The van der Waals surface area contributed by atoms with Gasteiger partial charge in [0.25, 0.3) is 0 Å². The first-order chi connectivity index (χ1) is 10.6. The van der Waals surface area contributed by atoms with Gasteiger partial charge < -0.3 is 19.1 Å². The molecule has 2 heterocycles. The van der Waals surface area contributed by atoms with E-state index in [1.165, 1.54) is 18.2 Å². The van der Waals surface area contributed by atoms with E-state index in [1.54, 1.807) is 6.07 Å². The molecule has 0 unspecified atom stereocenters. The number of carboxylic acid groups (broad SMARTS) is 1. The summed E-state index contributed by atoms with van der Waals surface area (Å²) in [5, 5.41) is 12.2. The Morgan fingerprint density at radius 3 is 2.73 bits per heavy atom. The van der Waals surface area contributed by atoms with Crippen LogP contribution in [0.2, 0.25) is 0 Å². The number of carboxylic acids is 1. The summed E-state index contributed by atoms with van der Waals surface area (Å²) < 4.78 is 29.9. The molecule has 0 radical (unpaired) electrons. The van der Waals surface area contributed by atoms with Gasteiger partial charge in [0.1, 0.15) is 6.10 Å². The Kier molecular flexibility index (Phi) is 4.06. The minimum absolute atomic E-state index is 0.0574. The smallest absolute Gasteiger partial charge is 0.358 e. The Morgan fingerprint density at radius 2 is 2.09 bits per heavy atom. The predicted molar refractivity (Wildman–Crippen MR) is 73.3 cm³/mol. The van der Waals surface area contributed by atoms with Gasteiger partial charge in [-0.2, -0.15) is 0 Å². The summed E-state index contributed by atoms with van der Waals surface area (Å²) in [5.74, 6) is -1.38. The second-order valence-corrected chi connectivity index (χ2v) is 4.96. The van der Waals surface area contributed by atoms with Gasteiger partial charge in [-0.05, 0) is 18.2 Å². The minimum atomic E-state index is -1.20. The first-order valence-corrected chi connectivity index (χ1v) is 6.88. The lowest BCUT2D eigenvalue weighted by molar-refractivity contribution is 0.0240. The van der Waals surface area contributed by atoms with Gasteiger partial charge >= 0.3 is 5.97 Å². The van der Waals surface area contributed by atoms with Crippen LogP contribution in [0.15, 0.2) is 28.8 Å². The molecule has 0 amide bonds. The van der Waals surface area contributed by atoms with Crippen molar-refractivity contribution in [2.24, 2.45) is 0 Å². The zero-order chi connectivity index (χ0) is 15.5. The Balaban J connectivity index is 1.77. The second kappa shape index (κ2) is 6.15. The lowest BCUT2D eigenvalue weighted by Crippen LogP contribution is -2.26. The van der Waals surface area contributed by atoms with Crippen LogP contribution in [0.3, 0.4) is 0 Å². The molecule has 22 heavy (non-hydrogen) atoms. The number of ether oxygens (including phenoxy) is 2. The van der Waals surface area contributed by atoms with E-state index in [-0.39, 0.29) is 23.3 Å². The molecule has 1 saturated heterocycles. The highest BCUT2D eigenvalue weighted by Gasteiger charge is 2.18. The minimum Gasteiger partial charge on any atom is -0.487 e. The van der Waals surface area contributed by atoms with Crippen molar-refractivity contribution in [1.29, 1.82) is 0 Å². The lowest BCUT2D eigenvalue weighted by Gasteiger charge is -2.23. The highest BCUT2D eigenvalue weighted by atomic mass is 19.1. The number of nitrogens with zero attached hydrogens (tertiary/aromatic N) is 1. The van der Waals surface area contributed by atoms with Crippen LogP contribution in [0.25, 0.3) is 11.3 Å². The van der Waals surface area contributed by atoms with Gasteiger partial charge in [-0.25, -0.2) is 9.18 Å². The normalized spacial score (nSPS) is 15.7. The van der Waals surface area contributed by atoms with E-state index in [4.69, 9.17) is 19.1 Å². The fourth-order valence-electron chi connectivity index (χ4n) is 2.24. The first kappa shape index (κ1) is 14.5. The highest BCUT2D eigenvalue weighted by molar-refractivity contribution is 5.86. The third kappa shape index (κ3) is 3.09. The molecule has 3 rings (SSSR count). The quantitative estimate of drug-likeness (QED) is 0.935. The van der Waals surface area contributed by atoms with Gasteiger partial charge in [0.15, 0.2) is 23.0 Å². The zero-order valence-electron chi connectivity index (χ0n) is 11.6. The molecule has 1 N–H and O–H groups in total. The molecule has 116 valence electrons. The maximum atomic E-state index is 14.1. The van der Waals surface area contributed by atoms with E-state index in [9.17, 15) is 9.18 Å². The van der Waals surface area contributed by atoms with Gasteiger partial charge in [-0.15, -0.1) is 0 Å². The molecule has 7 heteroatoms. The zero-order valence-corrected chi connectivity index (χ0v) is 11.6. The number of hydrogen-bond acceptors (Lipinski definition) is 5. The van der Waals surface area contributed by atoms with Gasteiger partial charge in [-0.1, -0.05) is 5.16 Å². The van der Waals surface area contributed by atoms with E-state index < -0.39 is 11.8 Å². The van der Waals surface area contributed by atoms with E-state index >= 15 is 0 Å².